The zero-order chi connectivity index (χ0) is 17.0. The second-order valence-electron chi connectivity index (χ2n) is 6.40. The van der Waals surface area contributed by atoms with E-state index in [-0.39, 0.29) is 0 Å². The van der Waals surface area contributed by atoms with Crippen LogP contribution in [0.2, 0.25) is 0 Å². The van der Waals surface area contributed by atoms with Gasteiger partial charge in [-0.15, -0.1) is 0 Å². The summed E-state index contributed by atoms with van der Waals surface area (Å²) in [5.41, 5.74) is 10.9. The molecule has 2 aromatic rings. The number of rotatable bonds is 5. The highest BCUT2D eigenvalue weighted by atomic mass is 14.2. The lowest BCUT2D eigenvalue weighted by molar-refractivity contribution is 1.11. The molecule has 0 radical (unpaired) electrons. The standard InChI is InChI=1S/C23H28/c1-7-20(8-2)23(22-13-12-16(3)18(5)14-22)15-21-11-9-10-17(4)19(21)6/h7,9-14H,1,8,15H2,2-6H3/b23-20-. The van der Waals surface area contributed by atoms with Crippen LogP contribution >= 0.6 is 0 Å². The Kier molecular flexibility index (Phi) is 5.60. The number of allylic oxidation sites excluding steroid dienone is 3. The Morgan fingerprint density at radius 2 is 1.70 bits per heavy atom. The van der Waals surface area contributed by atoms with E-state index in [0.717, 1.165) is 12.8 Å². The SMILES string of the molecule is C=C/C(CC)=C(\Cc1cccc(C)c1C)c1ccc(C)c(C)c1. The van der Waals surface area contributed by atoms with Crippen LogP contribution < -0.4 is 0 Å². The van der Waals surface area contributed by atoms with Crippen molar-refractivity contribution >= 4 is 5.57 Å². The Hall–Kier alpha value is -2.08. The van der Waals surface area contributed by atoms with Crippen molar-refractivity contribution in [2.24, 2.45) is 0 Å². The Balaban J connectivity index is 2.55. The molecule has 0 fully saturated rings. The average Bonchev–Trinajstić information content (AvgIpc) is 2.54. The fraction of sp³-hybridized carbons (Fsp3) is 0.304. The lowest BCUT2D eigenvalue weighted by atomic mass is 9.88. The van der Waals surface area contributed by atoms with Gasteiger partial charge in [-0.1, -0.05) is 56.0 Å². The smallest absolute Gasteiger partial charge is 0.00144 e. The van der Waals surface area contributed by atoms with Gasteiger partial charge in [0.25, 0.3) is 0 Å². The molecular weight excluding hydrogens is 276 g/mol. The van der Waals surface area contributed by atoms with Gasteiger partial charge in [-0.05, 0) is 85.1 Å². The van der Waals surface area contributed by atoms with Crippen molar-refractivity contribution in [1.82, 2.24) is 0 Å². The topological polar surface area (TPSA) is 0 Å². The third-order valence-electron chi connectivity index (χ3n) is 4.95. The summed E-state index contributed by atoms with van der Waals surface area (Å²) >= 11 is 0. The van der Waals surface area contributed by atoms with Gasteiger partial charge in [-0.3, -0.25) is 0 Å². The first-order valence-corrected chi connectivity index (χ1v) is 8.45. The monoisotopic (exact) mass is 304 g/mol. The minimum Gasteiger partial charge on any atom is -0.0988 e. The molecule has 0 N–H and O–H groups in total. The third-order valence-corrected chi connectivity index (χ3v) is 4.95. The molecule has 23 heavy (non-hydrogen) atoms. The van der Waals surface area contributed by atoms with Gasteiger partial charge in [0.1, 0.15) is 0 Å². The summed E-state index contributed by atoms with van der Waals surface area (Å²) in [6, 6.07) is 13.4. The maximum Gasteiger partial charge on any atom is -0.00144 e. The molecule has 0 heterocycles. The van der Waals surface area contributed by atoms with Crippen LogP contribution in [-0.4, -0.2) is 0 Å². The Morgan fingerprint density at radius 1 is 0.957 bits per heavy atom. The number of hydrogen-bond acceptors (Lipinski definition) is 0. The molecule has 2 rings (SSSR count). The zero-order valence-electron chi connectivity index (χ0n) is 15.2. The van der Waals surface area contributed by atoms with Gasteiger partial charge in [0.05, 0.1) is 0 Å². The summed E-state index contributed by atoms with van der Waals surface area (Å²) < 4.78 is 0. The molecule has 2 aromatic carbocycles. The number of hydrogen-bond donors (Lipinski definition) is 0. The normalized spacial score (nSPS) is 12.0. The summed E-state index contributed by atoms with van der Waals surface area (Å²) in [4.78, 5) is 0. The quantitative estimate of drug-likeness (QED) is 0.552. The van der Waals surface area contributed by atoms with E-state index >= 15 is 0 Å². The fourth-order valence-corrected chi connectivity index (χ4v) is 3.00. The highest BCUT2D eigenvalue weighted by molar-refractivity contribution is 5.73. The third kappa shape index (κ3) is 3.82. The highest BCUT2D eigenvalue weighted by Gasteiger charge is 2.11. The summed E-state index contributed by atoms with van der Waals surface area (Å²) in [6.45, 7) is 15.0. The zero-order valence-corrected chi connectivity index (χ0v) is 15.2. The van der Waals surface area contributed by atoms with Crippen LogP contribution in [0.25, 0.3) is 5.57 Å². The maximum absolute atomic E-state index is 4.04. The van der Waals surface area contributed by atoms with Gasteiger partial charge < -0.3 is 0 Å². The molecule has 0 saturated carbocycles. The van der Waals surface area contributed by atoms with E-state index in [4.69, 9.17) is 0 Å². The van der Waals surface area contributed by atoms with E-state index < -0.39 is 0 Å². The van der Waals surface area contributed by atoms with E-state index in [1.807, 2.05) is 6.08 Å². The lowest BCUT2D eigenvalue weighted by Gasteiger charge is -2.16. The summed E-state index contributed by atoms with van der Waals surface area (Å²) in [7, 11) is 0. The minimum atomic E-state index is 0.963. The van der Waals surface area contributed by atoms with Crippen LogP contribution in [0.1, 0.15) is 46.7 Å². The first-order chi connectivity index (χ1) is 11.0. The van der Waals surface area contributed by atoms with Gasteiger partial charge in [-0.2, -0.15) is 0 Å². The summed E-state index contributed by atoms with van der Waals surface area (Å²) in [5.74, 6) is 0. The van der Waals surface area contributed by atoms with Gasteiger partial charge in [-0.25, -0.2) is 0 Å². The molecule has 0 amide bonds. The van der Waals surface area contributed by atoms with Crippen molar-refractivity contribution in [3.8, 4) is 0 Å². The molecule has 0 aliphatic carbocycles. The van der Waals surface area contributed by atoms with Crippen molar-refractivity contribution in [3.63, 3.8) is 0 Å². The van der Waals surface area contributed by atoms with Gasteiger partial charge in [0.2, 0.25) is 0 Å². The van der Waals surface area contributed by atoms with Crippen LogP contribution in [0.15, 0.2) is 54.6 Å². The Labute approximate surface area is 141 Å². The molecule has 0 atom stereocenters. The second kappa shape index (κ2) is 7.46. The molecule has 120 valence electrons. The van der Waals surface area contributed by atoms with Crippen LogP contribution in [0, 0.1) is 27.7 Å². The predicted molar refractivity (Wildman–Crippen MR) is 103 cm³/mol. The van der Waals surface area contributed by atoms with E-state index in [1.165, 1.54) is 44.5 Å². The number of aryl methyl sites for hydroxylation is 3. The molecular formula is C23H28. The van der Waals surface area contributed by atoms with Crippen molar-refractivity contribution in [3.05, 3.63) is 88.0 Å². The molecule has 0 spiro atoms. The molecule has 0 nitrogen and oxygen atoms in total. The Bertz CT molecular complexity index is 745. The van der Waals surface area contributed by atoms with E-state index in [2.05, 4.69) is 77.6 Å². The van der Waals surface area contributed by atoms with Crippen molar-refractivity contribution in [1.29, 1.82) is 0 Å². The van der Waals surface area contributed by atoms with E-state index in [9.17, 15) is 0 Å². The summed E-state index contributed by atoms with van der Waals surface area (Å²) in [6.07, 6.45) is 4.00. The average molecular weight is 304 g/mol. The van der Waals surface area contributed by atoms with E-state index in [1.54, 1.807) is 0 Å². The van der Waals surface area contributed by atoms with Gasteiger partial charge >= 0.3 is 0 Å². The van der Waals surface area contributed by atoms with E-state index in [0.29, 0.717) is 0 Å². The van der Waals surface area contributed by atoms with Crippen molar-refractivity contribution < 1.29 is 0 Å². The van der Waals surface area contributed by atoms with Crippen molar-refractivity contribution in [2.45, 2.75) is 47.5 Å². The predicted octanol–water partition coefficient (Wildman–Crippen LogP) is 6.51. The maximum atomic E-state index is 4.04. The fourth-order valence-electron chi connectivity index (χ4n) is 3.00. The second-order valence-corrected chi connectivity index (χ2v) is 6.40. The lowest BCUT2D eigenvalue weighted by Crippen LogP contribution is -1.99. The van der Waals surface area contributed by atoms with Crippen LogP contribution in [-0.2, 0) is 6.42 Å². The van der Waals surface area contributed by atoms with Crippen molar-refractivity contribution in [2.75, 3.05) is 0 Å². The number of benzene rings is 2. The van der Waals surface area contributed by atoms with Crippen LogP contribution in [0.4, 0.5) is 0 Å². The van der Waals surface area contributed by atoms with Crippen LogP contribution in [0.5, 0.6) is 0 Å². The molecule has 0 unspecified atom stereocenters. The first-order valence-electron chi connectivity index (χ1n) is 8.45. The van der Waals surface area contributed by atoms with Gasteiger partial charge in [0, 0.05) is 0 Å². The molecule has 0 saturated heterocycles. The first kappa shape index (κ1) is 17.3. The summed E-state index contributed by atoms with van der Waals surface area (Å²) in [5, 5.41) is 0. The molecule has 0 heteroatoms. The minimum absolute atomic E-state index is 0.963. The Morgan fingerprint density at radius 3 is 2.30 bits per heavy atom. The largest absolute Gasteiger partial charge is 0.0988 e. The highest BCUT2D eigenvalue weighted by Crippen LogP contribution is 2.29. The molecule has 0 aliphatic heterocycles. The molecule has 0 aliphatic rings. The molecule has 0 aromatic heterocycles. The molecule has 0 bridgehead atoms. The van der Waals surface area contributed by atoms with Crippen LogP contribution in [0.3, 0.4) is 0 Å². The van der Waals surface area contributed by atoms with Gasteiger partial charge in [0.15, 0.2) is 0 Å².